The summed E-state index contributed by atoms with van der Waals surface area (Å²) in [6.45, 7) is 0. The predicted molar refractivity (Wildman–Crippen MR) is 156 cm³/mol. The molecule has 0 N–H and O–H groups in total. The summed E-state index contributed by atoms with van der Waals surface area (Å²) in [5, 5.41) is 2.49. The van der Waals surface area contributed by atoms with Crippen molar-refractivity contribution in [1.29, 1.82) is 0 Å². The average molecular weight is 559 g/mol. The molecule has 0 spiro atoms. The fourth-order valence-corrected chi connectivity index (χ4v) is 4.83. The average Bonchev–Trinajstić information content (AvgIpc) is 2.94. The molecule has 6 rings (SSSR count). The number of aromatic nitrogens is 1. The molecule has 166 valence electrons. The molecule has 0 fully saturated rings. The third-order valence-electron chi connectivity index (χ3n) is 6.41. The van der Waals surface area contributed by atoms with E-state index in [-0.39, 0.29) is 0 Å². The monoisotopic (exact) mass is 559 g/mol. The van der Waals surface area contributed by atoms with E-state index in [4.69, 9.17) is 0 Å². The van der Waals surface area contributed by atoms with Crippen molar-refractivity contribution in [1.82, 2.24) is 4.98 Å². The van der Waals surface area contributed by atoms with Crippen molar-refractivity contribution in [3.05, 3.63) is 137 Å². The summed E-state index contributed by atoms with van der Waals surface area (Å²) in [6, 6.07) is 45.6. The van der Waals surface area contributed by atoms with Crippen molar-refractivity contribution < 1.29 is 0 Å². The molecule has 1 heterocycles. The molecule has 0 amide bonds. The van der Waals surface area contributed by atoms with Crippen LogP contribution in [0.15, 0.2) is 134 Å². The van der Waals surface area contributed by atoms with Crippen LogP contribution in [0, 0.1) is 3.57 Å². The maximum absolute atomic E-state index is 4.45. The molecule has 5 aromatic carbocycles. The van der Waals surface area contributed by atoms with Crippen LogP contribution in [0.25, 0.3) is 55.4 Å². The fourth-order valence-electron chi connectivity index (χ4n) is 4.47. The molecule has 0 aliphatic carbocycles. The summed E-state index contributed by atoms with van der Waals surface area (Å²) in [6.07, 6.45) is 1.83. The van der Waals surface area contributed by atoms with E-state index in [1.54, 1.807) is 0 Å². The minimum Gasteiger partial charge on any atom is -0.256 e. The molecular weight excluding hydrogens is 537 g/mol. The second-order valence-electron chi connectivity index (χ2n) is 8.65. The van der Waals surface area contributed by atoms with Crippen LogP contribution in [-0.2, 0) is 0 Å². The second kappa shape index (κ2) is 9.47. The molecule has 0 atom stereocenters. The van der Waals surface area contributed by atoms with Crippen molar-refractivity contribution in [2.24, 2.45) is 0 Å². The quantitative estimate of drug-likeness (QED) is 0.196. The van der Waals surface area contributed by atoms with E-state index in [1.807, 2.05) is 24.4 Å². The van der Waals surface area contributed by atoms with Crippen molar-refractivity contribution in [2.45, 2.75) is 0 Å². The lowest BCUT2D eigenvalue weighted by Gasteiger charge is -2.09. The third-order valence-corrected chi connectivity index (χ3v) is 7.13. The predicted octanol–water partition coefficient (Wildman–Crippen LogP) is 9.51. The van der Waals surface area contributed by atoms with Gasteiger partial charge in [0.25, 0.3) is 0 Å². The molecule has 0 aliphatic heterocycles. The Balaban J connectivity index is 1.26. The van der Waals surface area contributed by atoms with E-state index < -0.39 is 0 Å². The van der Waals surface area contributed by atoms with Crippen LogP contribution in [0.5, 0.6) is 0 Å². The van der Waals surface area contributed by atoms with Gasteiger partial charge in [-0.3, -0.25) is 4.98 Å². The summed E-state index contributed by atoms with van der Waals surface area (Å²) < 4.78 is 1.25. The highest BCUT2D eigenvalue weighted by molar-refractivity contribution is 14.1. The Bertz CT molecular complexity index is 1600. The summed E-state index contributed by atoms with van der Waals surface area (Å²) >= 11 is 2.34. The first-order chi connectivity index (χ1) is 17.2. The highest BCUT2D eigenvalue weighted by Crippen LogP contribution is 2.31. The normalized spacial score (nSPS) is 11.0. The Hall–Kier alpha value is -3.76. The Morgan fingerprint density at radius 1 is 0.400 bits per heavy atom. The summed E-state index contributed by atoms with van der Waals surface area (Å²) in [7, 11) is 0. The molecule has 0 saturated heterocycles. The van der Waals surface area contributed by atoms with Gasteiger partial charge in [0.05, 0.1) is 5.69 Å². The summed E-state index contributed by atoms with van der Waals surface area (Å²) in [4.78, 5) is 4.45. The van der Waals surface area contributed by atoms with E-state index in [1.165, 1.54) is 47.7 Å². The van der Waals surface area contributed by atoms with Gasteiger partial charge in [0.15, 0.2) is 0 Å². The van der Waals surface area contributed by atoms with Crippen molar-refractivity contribution >= 4 is 33.4 Å². The number of pyridine rings is 1. The van der Waals surface area contributed by atoms with Crippen LogP contribution in [0.4, 0.5) is 0 Å². The number of rotatable bonds is 4. The summed E-state index contributed by atoms with van der Waals surface area (Å²) in [5.41, 5.74) is 9.52. The third kappa shape index (κ3) is 4.62. The molecule has 0 saturated carbocycles. The molecule has 6 aromatic rings. The molecule has 35 heavy (non-hydrogen) atoms. The number of halogens is 1. The van der Waals surface area contributed by atoms with Gasteiger partial charge in [-0.25, -0.2) is 0 Å². The zero-order valence-corrected chi connectivity index (χ0v) is 21.2. The second-order valence-corrected chi connectivity index (χ2v) is 9.90. The Morgan fingerprint density at radius 2 is 0.829 bits per heavy atom. The van der Waals surface area contributed by atoms with Crippen molar-refractivity contribution in [2.75, 3.05) is 0 Å². The van der Waals surface area contributed by atoms with Crippen LogP contribution < -0.4 is 0 Å². The Kier molecular flexibility index (Phi) is 5.89. The molecule has 0 unspecified atom stereocenters. The van der Waals surface area contributed by atoms with E-state index in [0.29, 0.717) is 0 Å². The highest BCUT2D eigenvalue weighted by atomic mass is 127. The van der Waals surface area contributed by atoms with Crippen LogP contribution in [0.2, 0.25) is 0 Å². The van der Waals surface area contributed by atoms with Crippen molar-refractivity contribution in [3.8, 4) is 44.6 Å². The van der Waals surface area contributed by atoms with Crippen LogP contribution >= 0.6 is 22.6 Å². The number of nitrogens with zero attached hydrogens (tertiary/aromatic N) is 1. The molecule has 1 aromatic heterocycles. The molecule has 0 radical (unpaired) electrons. The smallest absolute Gasteiger partial charge is 0.0701 e. The lowest BCUT2D eigenvalue weighted by atomic mass is 9.96. The fraction of sp³-hybridized carbons (Fsp3) is 0. The highest BCUT2D eigenvalue weighted by Gasteiger charge is 2.05. The molecule has 0 bridgehead atoms. The zero-order valence-electron chi connectivity index (χ0n) is 19.0. The largest absolute Gasteiger partial charge is 0.256 e. The first-order valence-corrected chi connectivity index (χ1v) is 12.7. The van der Waals surface area contributed by atoms with Gasteiger partial charge >= 0.3 is 0 Å². The van der Waals surface area contributed by atoms with Crippen LogP contribution in [-0.4, -0.2) is 4.98 Å². The maximum atomic E-state index is 4.45. The van der Waals surface area contributed by atoms with Gasteiger partial charge in [-0.1, -0.05) is 91.0 Å². The minimum absolute atomic E-state index is 0.997. The first kappa shape index (κ1) is 21.8. The lowest BCUT2D eigenvalue weighted by Crippen LogP contribution is -1.84. The maximum Gasteiger partial charge on any atom is 0.0701 e. The number of benzene rings is 5. The van der Waals surface area contributed by atoms with Gasteiger partial charge in [-0.15, -0.1) is 0 Å². The molecule has 2 heteroatoms. The van der Waals surface area contributed by atoms with Gasteiger partial charge in [0.2, 0.25) is 0 Å². The summed E-state index contributed by atoms with van der Waals surface area (Å²) in [5.74, 6) is 0. The lowest BCUT2D eigenvalue weighted by molar-refractivity contribution is 1.33. The Labute approximate surface area is 219 Å². The standard InChI is InChI=1S/C33H22IN/c34-32-18-16-24(17-19-32)23-4-6-25(7-5-23)28-12-14-31-22-29(13-15-30(31)21-28)26-8-10-27(11-9-26)33-3-1-2-20-35-33/h1-22H. The number of hydrogen-bond acceptors (Lipinski definition) is 1. The molecule has 1 nitrogen and oxygen atoms in total. The van der Waals surface area contributed by atoms with Gasteiger partial charge in [0.1, 0.15) is 0 Å². The number of fused-ring (bicyclic) bond motifs is 1. The van der Waals surface area contributed by atoms with E-state index >= 15 is 0 Å². The van der Waals surface area contributed by atoms with Crippen LogP contribution in [0.3, 0.4) is 0 Å². The van der Waals surface area contributed by atoms with Crippen LogP contribution in [0.1, 0.15) is 0 Å². The minimum atomic E-state index is 0.997. The van der Waals surface area contributed by atoms with Gasteiger partial charge in [-0.05, 0) is 103 Å². The van der Waals surface area contributed by atoms with E-state index in [9.17, 15) is 0 Å². The van der Waals surface area contributed by atoms with Gasteiger partial charge in [-0.2, -0.15) is 0 Å². The first-order valence-electron chi connectivity index (χ1n) is 11.6. The molecular formula is C33H22IN. The van der Waals surface area contributed by atoms with Gasteiger partial charge < -0.3 is 0 Å². The van der Waals surface area contributed by atoms with E-state index in [0.717, 1.165) is 11.3 Å². The number of hydrogen-bond donors (Lipinski definition) is 0. The van der Waals surface area contributed by atoms with E-state index in [2.05, 4.69) is 137 Å². The Morgan fingerprint density at radius 3 is 1.31 bits per heavy atom. The van der Waals surface area contributed by atoms with Crippen molar-refractivity contribution in [3.63, 3.8) is 0 Å². The SMILES string of the molecule is Ic1ccc(-c2ccc(-c3ccc4cc(-c5ccc(-c6ccccn6)cc5)ccc4c3)cc2)cc1. The zero-order chi connectivity index (χ0) is 23.6. The topological polar surface area (TPSA) is 12.9 Å². The molecule has 0 aliphatic rings. The van der Waals surface area contributed by atoms with Gasteiger partial charge in [0, 0.05) is 15.3 Å².